The molecule has 0 aliphatic rings. The van der Waals surface area contributed by atoms with E-state index in [2.05, 4.69) is 4.98 Å². The van der Waals surface area contributed by atoms with Crippen molar-refractivity contribution in [3.8, 4) is 17.0 Å². The molecule has 1 aromatic heterocycles. The average Bonchev–Trinajstić information content (AvgIpc) is 2.33. The summed E-state index contributed by atoms with van der Waals surface area (Å²) in [5.74, 6) is -0.653. The van der Waals surface area contributed by atoms with Crippen LogP contribution in [0.25, 0.3) is 11.3 Å². The second-order valence-corrected chi connectivity index (χ2v) is 5.06. The number of pyridine rings is 1. The molecule has 1 N–H and O–H groups in total. The Morgan fingerprint density at radius 3 is 2.10 bits per heavy atom. The van der Waals surface area contributed by atoms with Gasteiger partial charge in [0.2, 0.25) is 0 Å². The van der Waals surface area contributed by atoms with E-state index in [1.165, 1.54) is 12.1 Å². The van der Waals surface area contributed by atoms with Crippen molar-refractivity contribution in [2.24, 2.45) is 0 Å². The van der Waals surface area contributed by atoms with E-state index >= 15 is 0 Å². The molecule has 0 saturated heterocycles. The Bertz CT molecular complexity index is 674. The van der Waals surface area contributed by atoms with E-state index in [1.54, 1.807) is 0 Å². The van der Waals surface area contributed by atoms with Crippen LogP contribution in [0.1, 0.15) is 5.56 Å². The number of hydrogen-bond donors (Lipinski definition) is 1. The third-order valence-electron chi connectivity index (χ3n) is 2.46. The Balaban J connectivity index is 2.57. The molecule has 20 heavy (non-hydrogen) atoms. The van der Waals surface area contributed by atoms with E-state index in [9.17, 15) is 18.3 Å². The van der Waals surface area contributed by atoms with Crippen LogP contribution in [0.15, 0.2) is 24.4 Å². The highest BCUT2D eigenvalue weighted by Gasteiger charge is 2.32. The molecule has 0 atom stereocenters. The Morgan fingerprint density at radius 2 is 1.55 bits per heavy atom. The molecule has 1 heterocycles. The molecule has 0 saturated carbocycles. The van der Waals surface area contributed by atoms with Crippen molar-refractivity contribution < 1.29 is 18.3 Å². The first-order valence-electron chi connectivity index (χ1n) is 5.11. The van der Waals surface area contributed by atoms with Gasteiger partial charge in [-0.2, -0.15) is 13.2 Å². The number of halogens is 6. The number of nitrogens with zero attached hydrogens (tertiary/aromatic N) is 1. The normalized spacial score (nSPS) is 11.7. The van der Waals surface area contributed by atoms with Crippen molar-refractivity contribution in [1.29, 1.82) is 0 Å². The minimum Gasteiger partial charge on any atom is -0.506 e. The Labute approximate surface area is 126 Å². The van der Waals surface area contributed by atoms with Gasteiger partial charge in [0.05, 0.1) is 20.6 Å². The van der Waals surface area contributed by atoms with Gasteiger partial charge in [0.25, 0.3) is 0 Å². The number of rotatable bonds is 1. The third kappa shape index (κ3) is 2.95. The van der Waals surface area contributed by atoms with Crippen LogP contribution >= 0.6 is 34.8 Å². The summed E-state index contributed by atoms with van der Waals surface area (Å²) in [7, 11) is 0. The largest absolute Gasteiger partial charge is 0.506 e. The maximum Gasteiger partial charge on any atom is 0.418 e. The molecule has 0 fully saturated rings. The van der Waals surface area contributed by atoms with Crippen molar-refractivity contribution in [3.63, 3.8) is 0 Å². The summed E-state index contributed by atoms with van der Waals surface area (Å²) in [6, 6.07) is 3.21. The maximum absolute atomic E-state index is 12.5. The van der Waals surface area contributed by atoms with Crippen molar-refractivity contribution >= 4 is 34.8 Å². The lowest BCUT2D eigenvalue weighted by molar-refractivity contribution is -0.137. The molecule has 0 aliphatic carbocycles. The van der Waals surface area contributed by atoms with Gasteiger partial charge in [-0.3, -0.25) is 4.98 Å². The van der Waals surface area contributed by atoms with Crippen molar-refractivity contribution in [1.82, 2.24) is 4.98 Å². The smallest absolute Gasteiger partial charge is 0.418 e. The van der Waals surface area contributed by atoms with Gasteiger partial charge in [0.15, 0.2) is 0 Å². The van der Waals surface area contributed by atoms with Gasteiger partial charge in [0.1, 0.15) is 11.4 Å². The number of aromatic hydroxyl groups is 1. The fourth-order valence-corrected chi connectivity index (χ4v) is 2.16. The quantitative estimate of drug-likeness (QED) is 0.701. The van der Waals surface area contributed by atoms with Crippen molar-refractivity contribution in [3.05, 3.63) is 45.0 Å². The molecule has 1 aromatic carbocycles. The lowest BCUT2D eigenvalue weighted by Crippen LogP contribution is -2.05. The average molecular weight is 343 g/mol. The lowest BCUT2D eigenvalue weighted by atomic mass is 10.1. The zero-order valence-electron chi connectivity index (χ0n) is 9.47. The van der Waals surface area contributed by atoms with Gasteiger partial charge in [-0.15, -0.1) is 0 Å². The third-order valence-corrected chi connectivity index (χ3v) is 3.49. The molecule has 0 radical (unpaired) electrons. The summed E-state index contributed by atoms with van der Waals surface area (Å²) < 4.78 is 37.4. The van der Waals surface area contributed by atoms with E-state index in [1.807, 2.05) is 0 Å². The van der Waals surface area contributed by atoms with E-state index in [0.29, 0.717) is 12.3 Å². The minimum atomic E-state index is -4.59. The second kappa shape index (κ2) is 5.31. The molecule has 0 aliphatic heterocycles. The highest BCUT2D eigenvalue weighted by atomic mass is 35.5. The minimum absolute atomic E-state index is 0.110. The Hall–Kier alpha value is -1.17. The summed E-state index contributed by atoms with van der Waals surface area (Å²) in [5, 5.41) is 10.1. The standard InChI is InChI=1S/C12H5Cl3F3NO/c13-7-3-9(15)8(14)2-6(7)11-10(20)1-5(4-19-11)12(16,17)18/h1-4,20H. The van der Waals surface area contributed by atoms with Gasteiger partial charge in [0, 0.05) is 11.8 Å². The summed E-state index contributed by atoms with van der Waals surface area (Å²) in [6.45, 7) is 0. The number of alkyl halides is 3. The van der Waals surface area contributed by atoms with Crippen molar-refractivity contribution in [2.75, 3.05) is 0 Å². The lowest BCUT2D eigenvalue weighted by Gasteiger charge is -2.11. The SMILES string of the molecule is Oc1cc(C(F)(F)F)cnc1-c1cc(Cl)c(Cl)cc1Cl. The van der Waals surface area contributed by atoms with Gasteiger partial charge in [-0.1, -0.05) is 34.8 Å². The summed E-state index contributed by atoms with van der Waals surface area (Å²) >= 11 is 17.5. The van der Waals surface area contributed by atoms with Gasteiger partial charge >= 0.3 is 6.18 Å². The van der Waals surface area contributed by atoms with Crippen LogP contribution in [0.4, 0.5) is 13.2 Å². The molecule has 0 amide bonds. The maximum atomic E-state index is 12.5. The van der Waals surface area contributed by atoms with Gasteiger partial charge in [-0.05, 0) is 18.2 Å². The highest BCUT2D eigenvalue weighted by Crippen LogP contribution is 2.39. The molecule has 2 nitrogen and oxygen atoms in total. The zero-order chi connectivity index (χ0) is 15.1. The van der Waals surface area contributed by atoms with Crippen LogP contribution in [-0.4, -0.2) is 10.1 Å². The Kier molecular flexibility index (Phi) is 4.04. The molecule has 2 aromatic rings. The number of hydrogen-bond acceptors (Lipinski definition) is 2. The highest BCUT2D eigenvalue weighted by molar-refractivity contribution is 6.44. The van der Waals surface area contributed by atoms with Crippen LogP contribution in [0, 0.1) is 0 Å². The van der Waals surface area contributed by atoms with E-state index in [-0.39, 0.29) is 26.3 Å². The van der Waals surface area contributed by atoms with Crippen LogP contribution < -0.4 is 0 Å². The van der Waals surface area contributed by atoms with E-state index in [4.69, 9.17) is 34.8 Å². The number of benzene rings is 1. The van der Waals surface area contributed by atoms with Crippen LogP contribution in [0.3, 0.4) is 0 Å². The van der Waals surface area contributed by atoms with Crippen LogP contribution in [0.2, 0.25) is 15.1 Å². The first-order valence-corrected chi connectivity index (χ1v) is 6.24. The van der Waals surface area contributed by atoms with E-state index in [0.717, 1.165) is 0 Å². The monoisotopic (exact) mass is 341 g/mol. The molecular weight excluding hydrogens is 337 g/mol. The fraction of sp³-hybridized carbons (Fsp3) is 0.0833. The molecule has 2 rings (SSSR count). The Morgan fingerprint density at radius 1 is 0.950 bits per heavy atom. The first kappa shape index (κ1) is 15.2. The molecule has 106 valence electrons. The van der Waals surface area contributed by atoms with Crippen molar-refractivity contribution in [2.45, 2.75) is 6.18 Å². The first-order chi connectivity index (χ1) is 9.20. The van der Waals surface area contributed by atoms with Gasteiger partial charge in [-0.25, -0.2) is 0 Å². The second-order valence-electron chi connectivity index (χ2n) is 3.84. The molecule has 0 spiro atoms. The van der Waals surface area contributed by atoms with Gasteiger partial charge < -0.3 is 5.11 Å². The predicted molar refractivity (Wildman–Crippen MR) is 71.4 cm³/mol. The molecule has 8 heteroatoms. The van der Waals surface area contributed by atoms with Crippen LogP contribution in [0.5, 0.6) is 5.75 Å². The number of aromatic nitrogens is 1. The fourth-order valence-electron chi connectivity index (χ4n) is 1.52. The zero-order valence-corrected chi connectivity index (χ0v) is 11.7. The summed E-state index contributed by atoms with van der Waals surface area (Å²) in [6.07, 6.45) is -3.99. The predicted octanol–water partition coefficient (Wildman–Crippen LogP) is 5.43. The van der Waals surface area contributed by atoms with E-state index < -0.39 is 17.5 Å². The molecule has 0 unspecified atom stereocenters. The molecule has 0 bridgehead atoms. The van der Waals surface area contributed by atoms with Crippen LogP contribution in [-0.2, 0) is 6.18 Å². The summed E-state index contributed by atoms with van der Waals surface area (Å²) in [5.41, 5.74) is -0.983. The molecular formula is C12H5Cl3F3NO. The summed E-state index contributed by atoms with van der Waals surface area (Å²) in [4.78, 5) is 3.59. The topological polar surface area (TPSA) is 33.1 Å².